The molecule has 0 aliphatic rings. The van der Waals surface area contributed by atoms with Crippen molar-refractivity contribution in [1.82, 2.24) is 0 Å². The maximum absolute atomic E-state index is 12.0. The van der Waals surface area contributed by atoms with E-state index in [9.17, 15) is 9.59 Å². The Labute approximate surface area is 135 Å². The highest BCUT2D eigenvalue weighted by molar-refractivity contribution is 9.10. The monoisotopic (exact) mass is 367 g/mol. The molecule has 1 aromatic carbocycles. The normalized spacial score (nSPS) is 11.6. The van der Waals surface area contributed by atoms with E-state index < -0.39 is 18.0 Å². The summed E-state index contributed by atoms with van der Waals surface area (Å²) < 4.78 is 15.6. The van der Waals surface area contributed by atoms with E-state index in [1.807, 2.05) is 0 Å². The Morgan fingerprint density at radius 1 is 1.27 bits per heavy atom. The molecule has 22 heavy (non-hydrogen) atoms. The third-order valence-corrected chi connectivity index (χ3v) is 3.19. The van der Waals surface area contributed by atoms with Crippen LogP contribution in [0.4, 0.5) is 5.69 Å². The maximum Gasteiger partial charge on any atom is 0.375 e. The van der Waals surface area contributed by atoms with E-state index in [1.165, 1.54) is 20.1 Å². The summed E-state index contributed by atoms with van der Waals surface area (Å²) in [7, 11) is 1.53. The highest BCUT2D eigenvalue weighted by Crippen LogP contribution is 2.18. The van der Waals surface area contributed by atoms with Gasteiger partial charge < -0.3 is 19.2 Å². The average Bonchev–Trinajstić information content (AvgIpc) is 2.94. The molecule has 0 saturated carbocycles. The molecule has 6 nitrogen and oxygen atoms in total. The summed E-state index contributed by atoms with van der Waals surface area (Å²) in [4.78, 5) is 23.8. The SMILES string of the molecule is COc1cccc(NC(=O)[C@H](C)OC(=O)c2ccc(Br)o2)c1. The molecule has 2 aromatic rings. The van der Waals surface area contributed by atoms with Crippen molar-refractivity contribution < 1.29 is 23.5 Å². The third-order valence-electron chi connectivity index (χ3n) is 2.76. The van der Waals surface area contributed by atoms with Gasteiger partial charge in [-0.2, -0.15) is 0 Å². The van der Waals surface area contributed by atoms with Crippen molar-refractivity contribution in [2.45, 2.75) is 13.0 Å². The molecule has 0 fully saturated rings. The molecule has 0 spiro atoms. The number of hydrogen-bond acceptors (Lipinski definition) is 5. The standard InChI is InChI=1S/C15H14BrNO5/c1-9(21-15(19)12-6-7-13(16)22-12)14(18)17-10-4-3-5-11(8-10)20-2/h3-9H,1-2H3,(H,17,18)/t9-/m0/s1. The molecule has 1 N–H and O–H groups in total. The number of nitrogens with one attached hydrogen (secondary N) is 1. The van der Waals surface area contributed by atoms with E-state index in [1.54, 1.807) is 30.3 Å². The molecule has 0 unspecified atom stereocenters. The van der Waals surface area contributed by atoms with Crippen LogP contribution in [0.2, 0.25) is 0 Å². The molecule has 0 aliphatic carbocycles. The number of carbonyl (C=O) groups is 2. The van der Waals surface area contributed by atoms with E-state index in [-0.39, 0.29) is 5.76 Å². The number of carbonyl (C=O) groups excluding carboxylic acids is 2. The Balaban J connectivity index is 1.95. The predicted octanol–water partition coefficient (Wildman–Crippen LogP) is 3.23. The summed E-state index contributed by atoms with van der Waals surface area (Å²) in [6.45, 7) is 1.48. The van der Waals surface area contributed by atoms with Gasteiger partial charge in [0.05, 0.1) is 7.11 Å². The quantitative estimate of drug-likeness (QED) is 0.820. The third kappa shape index (κ3) is 4.11. The number of ether oxygens (including phenoxy) is 2. The predicted molar refractivity (Wildman–Crippen MR) is 82.9 cm³/mol. The number of furan rings is 1. The summed E-state index contributed by atoms with van der Waals surface area (Å²) in [5.41, 5.74) is 0.549. The molecule has 7 heteroatoms. The van der Waals surface area contributed by atoms with Crippen molar-refractivity contribution in [3.05, 3.63) is 46.8 Å². The van der Waals surface area contributed by atoms with Crippen LogP contribution in [0.1, 0.15) is 17.5 Å². The Morgan fingerprint density at radius 2 is 2.05 bits per heavy atom. The van der Waals surface area contributed by atoms with Gasteiger partial charge in [-0.1, -0.05) is 6.07 Å². The van der Waals surface area contributed by atoms with Crippen LogP contribution in [0, 0.1) is 0 Å². The van der Waals surface area contributed by atoms with Crippen molar-refractivity contribution in [1.29, 1.82) is 0 Å². The fourth-order valence-electron chi connectivity index (χ4n) is 1.64. The molecular formula is C15H14BrNO5. The molecule has 2 rings (SSSR count). The van der Waals surface area contributed by atoms with Crippen LogP contribution in [0.5, 0.6) is 5.75 Å². The Kier molecular flexibility index (Phi) is 5.21. The fraction of sp³-hybridized carbons (Fsp3) is 0.200. The Bertz CT molecular complexity index is 682. The first-order valence-electron chi connectivity index (χ1n) is 6.41. The molecule has 0 aliphatic heterocycles. The van der Waals surface area contributed by atoms with Gasteiger partial charge in [0.1, 0.15) is 5.75 Å². The van der Waals surface area contributed by atoms with Gasteiger partial charge >= 0.3 is 5.97 Å². The molecule has 0 bridgehead atoms. The van der Waals surface area contributed by atoms with Crippen molar-refractivity contribution in [3.63, 3.8) is 0 Å². The number of rotatable bonds is 5. The first-order valence-corrected chi connectivity index (χ1v) is 7.20. The average molecular weight is 368 g/mol. The van der Waals surface area contributed by atoms with Crippen LogP contribution in [0.3, 0.4) is 0 Å². The zero-order valence-corrected chi connectivity index (χ0v) is 13.5. The smallest absolute Gasteiger partial charge is 0.375 e. The lowest BCUT2D eigenvalue weighted by atomic mass is 10.3. The first kappa shape index (κ1) is 16.1. The van der Waals surface area contributed by atoms with E-state index >= 15 is 0 Å². The molecule has 0 saturated heterocycles. The summed E-state index contributed by atoms with van der Waals surface area (Å²) in [6, 6.07) is 9.89. The second-order valence-corrected chi connectivity index (χ2v) is 5.15. The second-order valence-electron chi connectivity index (χ2n) is 4.37. The molecule has 0 radical (unpaired) electrons. The highest BCUT2D eigenvalue weighted by atomic mass is 79.9. The summed E-state index contributed by atoms with van der Waals surface area (Å²) in [5, 5.41) is 2.64. The number of halogens is 1. The van der Waals surface area contributed by atoms with E-state index in [0.29, 0.717) is 16.1 Å². The van der Waals surface area contributed by atoms with Crippen LogP contribution in [-0.2, 0) is 9.53 Å². The van der Waals surface area contributed by atoms with Gasteiger partial charge in [-0.15, -0.1) is 0 Å². The van der Waals surface area contributed by atoms with Gasteiger partial charge in [0, 0.05) is 11.8 Å². The molecule has 1 atom stereocenters. The minimum absolute atomic E-state index is 0.0212. The number of benzene rings is 1. The molecule has 1 amide bonds. The molecular weight excluding hydrogens is 354 g/mol. The lowest BCUT2D eigenvalue weighted by Gasteiger charge is -2.13. The minimum Gasteiger partial charge on any atom is -0.497 e. The fourth-order valence-corrected chi connectivity index (χ4v) is 1.95. The van der Waals surface area contributed by atoms with Crippen molar-refractivity contribution >= 4 is 33.5 Å². The highest BCUT2D eigenvalue weighted by Gasteiger charge is 2.21. The van der Waals surface area contributed by atoms with Gasteiger partial charge in [-0.3, -0.25) is 4.79 Å². The van der Waals surface area contributed by atoms with E-state index in [2.05, 4.69) is 21.2 Å². The van der Waals surface area contributed by atoms with Gasteiger partial charge in [0.25, 0.3) is 5.91 Å². The Morgan fingerprint density at radius 3 is 2.68 bits per heavy atom. The van der Waals surface area contributed by atoms with Crippen molar-refractivity contribution in [3.8, 4) is 5.75 Å². The number of methoxy groups -OCH3 is 1. The molecule has 116 valence electrons. The lowest BCUT2D eigenvalue weighted by Crippen LogP contribution is -2.29. The second kappa shape index (κ2) is 7.13. The zero-order chi connectivity index (χ0) is 16.1. The van der Waals surface area contributed by atoms with E-state index in [4.69, 9.17) is 13.9 Å². The number of hydrogen-bond donors (Lipinski definition) is 1. The largest absolute Gasteiger partial charge is 0.497 e. The van der Waals surface area contributed by atoms with E-state index in [0.717, 1.165) is 0 Å². The molecule has 1 aromatic heterocycles. The number of amides is 1. The van der Waals surface area contributed by atoms with Crippen LogP contribution in [-0.4, -0.2) is 25.1 Å². The topological polar surface area (TPSA) is 77.8 Å². The summed E-state index contributed by atoms with van der Waals surface area (Å²) in [5.74, 6) is -0.526. The number of esters is 1. The van der Waals surface area contributed by atoms with Crippen molar-refractivity contribution in [2.24, 2.45) is 0 Å². The number of anilines is 1. The summed E-state index contributed by atoms with van der Waals surface area (Å²) in [6.07, 6.45) is -0.970. The van der Waals surface area contributed by atoms with Crippen LogP contribution in [0.15, 0.2) is 45.5 Å². The lowest BCUT2D eigenvalue weighted by molar-refractivity contribution is -0.123. The van der Waals surface area contributed by atoms with Gasteiger partial charge in [0.2, 0.25) is 5.76 Å². The summed E-state index contributed by atoms with van der Waals surface area (Å²) >= 11 is 3.09. The molecule has 1 heterocycles. The van der Waals surface area contributed by atoms with Gasteiger partial charge in [-0.05, 0) is 47.1 Å². The van der Waals surface area contributed by atoms with Crippen LogP contribution in [0.25, 0.3) is 0 Å². The van der Waals surface area contributed by atoms with Crippen molar-refractivity contribution in [2.75, 3.05) is 12.4 Å². The first-order chi connectivity index (χ1) is 10.5. The Hall–Kier alpha value is -2.28. The van der Waals surface area contributed by atoms with Gasteiger partial charge in [-0.25, -0.2) is 4.79 Å². The maximum atomic E-state index is 12.0. The minimum atomic E-state index is -0.970. The zero-order valence-electron chi connectivity index (χ0n) is 12.0. The van der Waals surface area contributed by atoms with Gasteiger partial charge in [0.15, 0.2) is 10.8 Å². The van der Waals surface area contributed by atoms with Crippen LogP contribution < -0.4 is 10.1 Å². The van der Waals surface area contributed by atoms with Crippen LogP contribution >= 0.6 is 15.9 Å².